The summed E-state index contributed by atoms with van der Waals surface area (Å²) in [6.07, 6.45) is -4.60. The molecule has 0 fully saturated rings. The molecule has 0 aromatic heterocycles. The van der Waals surface area contributed by atoms with Crippen molar-refractivity contribution in [3.05, 3.63) is 62.1 Å². The molecular formula is C13H6Cl2F3NO6S. The van der Waals surface area contributed by atoms with Gasteiger partial charge in [-0.1, -0.05) is 23.2 Å². The third-order valence-corrected chi connectivity index (χ3v) is 4.09. The van der Waals surface area contributed by atoms with Crippen molar-refractivity contribution >= 4 is 39.3 Å². The zero-order valence-corrected chi connectivity index (χ0v) is 14.5. The maximum Gasteiger partial charge on any atom is 0.501 e. The lowest BCUT2D eigenvalue weighted by Crippen LogP contribution is -2.17. The molecule has 0 saturated carbocycles. The Labute approximate surface area is 154 Å². The van der Waals surface area contributed by atoms with Crippen LogP contribution in [0, 0.1) is 10.1 Å². The van der Waals surface area contributed by atoms with Crippen LogP contribution in [0.1, 0.15) is 5.56 Å². The third-order valence-electron chi connectivity index (χ3n) is 2.76. The van der Waals surface area contributed by atoms with E-state index in [1.54, 1.807) is 0 Å². The highest BCUT2D eigenvalue weighted by Gasteiger charge is 2.30. The van der Waals surface area contributed by atoms with Crippen LogP contribution in [-0.2, 0) is 16.6 Å². The molecule has 26 heavy (non-hydrogen) atoms. The molecule has 2 aromatic carbocycles. The summed E-state index contributed by atoms with van der Waals surface area (Å²) >= 11 is 11.4. The molecule has 0 N–H and O–H groups in total. The maximum absolute atomic E-state index is 12.5. The second-order valence-corrected chi connectivity index (χ2v) is 6.56. The van der Waals surface area contributed by atoms with E-state index in [2.05, 4.69) is 8.37 Å². The molecule has 0 unspecified atom stereocenters. The Balaban J connectivity index is 2.23. The summed E-state index contributed by atoms with van der Waals surface area (Å²) in [5.74, 6) is -1.10. The van der Waals surface area contributed by atoms with Gasteiger partial charge < -0.3 is 8.37 Å². The van der Waals surface area contributed by atoms with E-state index in [4.69, 9.17) is 23.2 Å². The van der Waals surface area contributed by atoms with Crippen molar-refractivity contribution < 1.29 is 34.9 Å². The average molecular weight is 432 g/mol. The van der Waals surface area contributed by atoms with Crippen LogP contribution in [0.2, 0.25) is 10.0 Å². The van der Waals surface area contributed by atoms with Crippen molar-refractivity contribution in [2.45, 2.75) is 6.18 Å². The number of benzene rings is 2. The molecule has 0 aliphatic heterocycles. The number of hydrogen-bond acceptors (Lipinski definition) is 6. The Morgan fingerprint density at radius 1 is 1.00 bits per heavy atom. The molecule has 7 nitrogen and oxygen atoms in total. The molecule has 0 saturated heterocycles. The maximum atomic E-state index is 12.5. The molecule has 13 heteroatoms. The first-order chi connectivity index (χ1) is 11.9. The number of nitro benzene ring substituents is 1. The highest BCUT2D eigenvalue weighted by atomic mass is 35.5. The zero-order chi connectivity index (χ0) is 19.7. The summed E-state index contributed by atoms with van der Waals surface area (Å²) in [6.45, 7) is 0. The molecule has 2 rings (SSSR count). The number of non-ortho nitro benzene ring substituents is 1. The van der Waals surface area contributed by atoms with Crippen LogP contribution < -0.4 is 8.37 Å². The quantitative estimate of drug-likeness (QED) is 0.505. The first-order valence-corrected chi connectivity index (χ1v) is 8.42. The van der Waals surface area contributed by atoms with Gasteiger partial charge in [0, 0.05) is 12.1 Å². The second-order valence-electron chi connectivity index (χ2n) is 4.59. The van der Waals surface area contributed by atoms with Gasteiger partial charge in [-0.05, 0) is 24.3 Å². The monoisotopic (exact) mass is 431 g/mol. The minimum Gasteiger partial charge on any atom is -0.353 e. The molecule has 140 valence electrons. The fourth-order valence-electron chi connectivity index (χ4n) is 1.67. The highest BCUT2D eigenvalue weighted by Crippen LogP contribution is 2.38. The number of halogens is 5. The Morgan fingerprint density at radius 3 is 1.92 bits per heavy atom. The number of hydrogen-bond donors (Lipinski definition) is 0. The predicted molar refractivity (Wildman–Crippen MR) is 84.7 cm³/mol. The highest BCUT2D eigenvalue weighted by molar-refractivity contribution is 7.82. The second kappa shape index (κ2) is 7.17. The predicted octanol–water partition coefficient (Wildman–Crippen LogP) is 4.62. The Morgan fingerprint density at radius 2 is 1.50 bits per heavy atom. The fraction of sp³-hybridized carbons (Fsp3) is 0.0769. The van der Waals surface area contributed by atoms with Gasteiger partial charge >= 0.3 is 16.6 Å². The summed E-state index contributed by atoms with van der Waals surface area (Å²) in [6, 6.07) is 4.35. The van der Waals surface area contributed by atoms with E-state index >= 15 is 0 Å². The molecule has 0 spiro atoms. The van der Waals surface area contributed by atoms with Gasteiger partial charge in [0.15, 0.2) is 5.75 Å². The minimum atomic E-state index is -4.83. The smallest absolute Gasteiger partial charge is 0.353 e. The third kappa shape index (κ3) is 4.90. The van der Waals surface area contributed by atoms with Crippen LogP contribution >= 0.6 is 23.2 Å². The normalized spacial score (nSPS) is 11.9. The SMILES string of the molecule is O=[N+]([O-])c1cc(Cl)c(OS(=O)(=O)Oc2ccc(C(F)(F)F)cc2)c(Cl)c1. The van der Waals surface area contributed by atoms with Crippen molar-refractivity contribution in [3.8, 4) is 11.5 Å². The van der Waals surface area contributed by atoms with E-state index in [1.807, 2.05) is 0 Å². The van der Waals surface area contributed by atoms with Gasteiger partial charge in [-0.2, -0.15) is 13.2 Å². The van der Waals surface area contributed by atoms with Crippen LogP contribution in [0.5, 0.6) is 11.5 Å². The van der Waals surface area contributed by atoms with Crippen LogP contribution in [0.25, 0.3) is 0 Å². The minimum absolute atomic E-state index is 0.466. The number of alkyl halides is 3. The molecule has 2 aromatic rings. The summed E-state index contributed by atoms with van der Waals surface area (Å²) in [7, 11) is -4.83. The lowest BCUT2D eigenvalue weighted by atomic mass is 10.2. The molecular weight excluding hydrogens is 426 g/mol. The largest absolute Gasteiger partial charge is 0.501 e. The molecule has 0 aliphatic carbocycles. The van der Waals surface area contributed by atoms with Crippen LogP contribution in [-0.4, -0.2) is 13.3 Å². The van der Waals surface area contributed by atoms with E-state index in [1.165, 1.54) is 0 Å². The summed E-state index contributed by atoms with van der Waals surface area (Å²) in [5.41, 5.74) is -1.52. The van der Waals surface area contributed by atoms with E-state index in [-0.39, 0.29) is 0 Å². The Bertz CT molecular complexity index is 924. The van der Waals surface area contributed by atoms with E-state index in [0.717, 1.165) is 24.3 Å². The topological polar surface area (TPSA) is 95.7 Å². The number of rotatable bonds is 5. The summed E-state index contributed by atoms with van der Waals surface area (Å²) < 4.78 is 70.1. The van der Waals surface area contributed by atoms with Crippen molar-refractivity contribution in [1.82, 2.24) is 0 Å². The number of nitro groups is 1. The molecule has 0 aliphatic rings. The Kier molecular flexibility index (Phi) is 5.54. The van der Waals surface area contributed by atoms with E-state index < -0.39 is 54.3 Å². The standard InChI is InChI=1S/C13H6Cl2F3NO6S/c14-10-5-8(19(20)21)6-11(15)12(10)25-26(22,23)24-9-3-1-7(2-4-9)13(16,17)18/h1-6H. The van der Waals surface area contributed by atoms with Crippen LogP contribution in [0.4, 0.5) is 18.9 Å². The first-order valence-electron chi connectivity index (χ1n) is 6.33. The van der Waals surface area contributed by atoms with Gasteiger partial charge in [-0.3, -0.25) is 10.1 Å². The van der Waals surface area contributed by atoms with Gasteiger partial charge in [0.1, 0.15) is 5.75 Å². The molecule has 0 radical (unpaired) electrons. The van der Waals surface area contributed by atoms with Gasteiger partial charge in [0.05, 0.1) is 20.5 Å². The van der Waals surface area contributed by atoms with Crippen molar-refractivity contribution in [2.75, 3.05) is 0 Å². The van der Waals surface area contributed by atoms with E-state index in [0.29, 0.717) is 12.1 Å². The molecule has 0 atom stereocenters. The van der Waals surface area contributed by atoms with Gasteiger partial charge in [-0.15, -0.1) is 8.42 Å². The van der Waals surface area contributed by atoms with Crippen LogP contribution in [0.3, 0.4) is 0 Å². The molecule has 0 bridgehead atoms. The molecule has 0 amide bonds. The van der Waals surface area contributed by atoms with Gasteiger partial charge in [0.25, 0.3) is 5.69 Å². The number of nitrogens with zero attached hydrogens (tertiary/aromatic N) is 1. The van der Waals surface area contributed by atoms with E-state index in [9.17, 15) is 31.7 Å². The Hall–Kier alpha value is -2.24. The zero-order valence-electron chi connectivity index (χ0n) is 12.2. The van der Waals surface area contributed by atoms with Crippen LogP contribution in [0.15, 0.2) is 36.4 Å². The van der Waals surface area contributed by atoms with Crippen molar-refractivity contribution in [3.63, 3.8) is 0 Å². The summed E-state index contributed by atoms with van der Waals surface area (Å²) in [5, 5.41) is 9.70. The molecule has 0 heterocycles. The van der Waals surface area contributed by atoms with Gasteiger partial charge in [-0.25, -0.2) is 0 Å². The average Bonchev–Trinajstić information content (AvgIpc) is 2.50. The van der Waals surface area contributed by atoms with Crippen molar-refractivity contribution in [2.24, 2.45) is 0 Å². The van der Waals surface area contributed by atoms with Crippen molar-refractivity contribution in [1.29, 1.82) is 0 Å². The summed E-state index contributed by atoms with van der Waals surface area (Å²) in [4.78, 5) is 9.85. The lowest BCUT2D eigenvalue weighted by molar-refractivity contribution is -0.384. The first kappa shape index (κ1) is 20.1. The lowest BCUT2D eigenvalue weighted by Gasteiger charge is -2.11. The van der Waals surface area contributed by atoms with Gasteiger partial charge in [0.2, 0.25) is 0 Å². The fourth-order valence-corrected chi connectivity index (χ4v) is 3.08.